The first-order valence-corrected chi connectivity index (χ1v) is 4.86. The lowest BCUT2D eigenvalue weighted by atomic mass is 10.1. The molecule has 0 amide bonds. The van der Waals surface area contributed by atoms with E-state index in [0.29, 0.717) is 18.7 Å². The maximum Gasteiger partial charge on any atom is 0.128 e. The van der Waals surface area contributed by atoms with Gasteiger partial charge in [-0.25, -0.2) is 9.37 Å². The largest absolute Gasteiger partial charge is 0.397 e. The average molecular weight is 195 g/mol. The maximum atomic E-state index is 13.1. The van der Waals surface area contributed by atoms with Gasteiger partial charge in [0.2, 0.25) is 0 Å². The van der Waals surface area contributed by atoms with Crippen LogP contribution in [0.5, 0.6) is 0 Å². The molecule has 0 aromatic carbocycles. The van der Waals surface area contributed by atoms with Crippen molar-refractivity contribution in [2.24, 2.45) is 0 Å². The fraction of sp³-hybridized carbons (Fsp3) is 0.500. The van der Waals surface area contributed by atoms with Crippen LogP contribution in [0.25, 0.3) is 0 Å². The molecule has 1 aliphatic rings. The fourth-order valence-corrected chi connectivity index (χ4v) is 1.72. The highest BCUT2D eigenvalue weighted by atomic mass is 19.1. The molecule has 0 saturated carbocycles. The van der Waals surface area contributed by atoms with Crippen LogP contribution in [0.1, 0.15) is 12.8 Å². The summed E-state index contributed by atoms with van der Waals surface area (Å²) in [6.45, 7) is 1.34. The number of nitrogen functional groups attached to an aromatic ring is 1. The fourth-order valence-electron chi connectivity index (χ4n) is 1.72. The molecule has 0 spiro atoms. The summed E-state index contributed by atoms with van der Waals surface area (Å²) >= 11 is 0. The number of aromatic nitrogens is 1. The molecule has 1 saturated heterocycles. The second-order valence-electron chi connectivity index (χ2n) is 3.64. The van der Waals surface area contributed by atoms with Gasteiger partial charge >= 0.3 is 0 Å². The Bertz CT molecular complexity index is 299. The lowest BCUT2D eigenvalue weighted by Gasteiger charge is -2.29. The minimum Gasteiger partial charge on any atom is -0.397 e. The topological polar surface area (TPSA) is 42.1 Å². The first-order chi connectivity index (χ1) is 6.75. The first kappa shape index (κ1) is 9.24. The summed E-state index contributed by atoms with van der Waals surface area (Å²) in [5.41, 5.74) is 6.17. The zero-order chi connectivity index (χ0) is 9.97. The zero-order valence-electron chi connectivity index (χ0n) is 7.99. The van der Waals surface area contributed by atoms with E-state index in [4.69, 9.17) is 5.73 Å². The van der Waals surface area contributed by atoms with Gasteiger partial charge in [0.15, 0.2) is 0 Å². The van der Waals surface area contributed by atoms with Crippen molar-refractivity contribution in [2.45, 2.75) is 19.0 Å². The molecule has 1 aromatic rings. The van der Waals surface area contributed by atoms with Gasteiger partial charge in [-0.15, -0.1) is 0 Å². The highest BCUT2D eigenvalue weighted by Crippen LogP contribution is 2.19. The molecular weight excluding hydrogens is 181 g/mol. The monoisotopic (exact) mass is 195 g/mol. The van der Waals surface area contributed by atoms with Gasteiger partial charge in [-0.1, -0.05) is 0 Å². The molecule has 3 nitrogen and oxygen atoms in total. The van der Waals surface area contributed by atoms with Gasteiger partial charge in [0.05, 0.1) is 18.4 Å². The lowest BCUT2D eigenvalue weighted by molar-refractivity contribution is 0.286. The predicted octanol–water partition coefficient (Wildman–Crippen LogP) is 1.60. The van der Waals surface area contributed by atoms with Gasteiger partial charge in [0.1, 0.15) is 12.0 Å². The first-order valence-electron chi connectivity index (χ1n) is 4.86. The molecule has 0 unspecified atom stereocenters. The second kappa shape index (κ2) is 3.82. The highest BCUT2D eigenvalue weighted by Gasteiger charge is 2.19. The Morgan fingerprint density at radius 1 is 1.50 bits per heavy atom. The number of nitrogens with two attached hydrogens (primary N) is 1. The van der Waals surface area contributed by atoms with Crippen LogP contribution in [-0.4, -0.2) is 24.2 Å². The SMILES string of the molecule is Nc1ccc(N2CCC[C@H](F)C2)nc1. The summed E-state index contributed by atoms with van der Waals surface area (Å²) in [7, 11) is 0. The summed E-state index contributed by atoms with van der Waals surface area (Å²) in [5.74, 6) is 0.821. The van der Waals surface area contributed by atoms with Crippen LogP contribution in [-0.2, 0) is 0 Å². The van der Waals surface area contributed by atoms with E-state index < -0.39 is 6.17 Å². The number of alkyl halides is 1. The second-order valence-corrected chi connectivity index (χ2v) is 3.64. The Kier molecular flexibility index (Phi) is 2.52. The molecule has 76 valence electrons. The van der Waals surface area contributed by atoms with Crippen molar-refractivity contribution in [3.05, 3.63) is 18.3 Å². The number of piperidine rings is 1. The molecule has 4 heteroatoms. The van der Waals surface area contributed by atoms with Crippen molar-refractivity contribution >= 4 is 11.5 Å². The number of hydrogen-bond donors (Lipinski definition) is 1. The molecule has 1 atom stereocenters. The van der Waals surface area contributed by atoms with Gasteiger partial charge in [-0.05, 0) is 25.0 Å². The number of hydrogen-bond acceptors (Lipinski definition) is 3. The maximum absolute atomic E-state index is 13.1. The Labute approximate surface area is 82.7 Å². The van der Waals surface area contributed by atoms with Crippen LogP contribution in [0.2, 0.25) is 0 Å². The molecule has 0 radical (unpaired) electrons. The lowest BCUT2D eigenvalue weighted by Crippen LogP contribution is -2.36. The summed E-state index contributed by atoms with van der Waals surface area (Å²) in [6.07, 6.45) is 2.46. The van der Waals surface area contributed by atoms with Crippen molar-refractivity contribution in [2.75, 3.05) is 23.7 Å². The number of halogens is 1. The molecule has 2 rings (SSSR count). The molecule has 1 aliphatic heterocycles. The summed E-state index contributed by atoms with van der Waals surface area (Å²) in [5, 5.41) is 0. The molecular formula is C10H14FN3. The zero-order valence-corrected chi connectivity index (χ0v) is 7.99. The van der Waals surface area contributed by atoms with Crippen LogP contribution in [0.4, 0.5) is 15.9 Å². The van der Waals surface area contributed by atoms with Crippen molar-refractivity contribution in [1.29, 1.82) is 0 Å². The van der Waals surface area contributed by atoms with E-state index in [9.17, 15) is 4.39 Å². The van der Waals surface area contributed by atoms with E-state index in [-0.39, 0.29) is 0 Å². The van der Waals surface area contributed by atoms with Gasteiger partial charge < -0.3 is 10.6 Å². The summed E-state index contributed by atoms with van der Waals surface area (Å²) in [6, 6.07) is 3.64. The number of rotatable bonds is 1. The van der Waals surface area contributed by atoms with Gasteiger partial charge in [0.25, 0.3) is 0 Å². The van der Waals surface area contributed by atoms with E-state index in [1.165, 1.54) is 0 Å². The van der Waals surface area contributed by atoms with E-state index in [1.807, 2.05) is 11.0 Å². The van der Waals surface area contributed by atoms with E-state index in [1.54, 1.807) is 12.3 Å². The van der Waals surface area contributed by atoms with Gasteiger partial charge in [-0.2, -0.15) is 0 Å². The van der Waals surface area contributed by atoms with Crippen LogP contribution in [0, 0.1) is 0 Å². The van der Waals surface area contributed by atoms with Gasteiger partial charge in [-0.3, -0.25) is 0 Å². The molecule has 1 aromatic heterocycles. The minimum atomic E-state index is -0.719. The normalized spacial score (nSPS) is 22.4. The minimum absolute atomic E-state index is 0.455. The summed E-state index contributed by atoms with van der Waals surface area (Å²) < 4.78 is 13.1. The number of nitrogens with zero attached hydrogens (tertiary/aromatic N) is 2. The Morgan fingerprint density at radius 2 is 2.36 bits per heavy atom. The molecule has 1 fully saturated rings. The molecule has 2 N–H and O–H groups in total. The van der Waals surface area contributed by atoms with Crippen molar-refractivity contribution in [3.8, 4) is 0 Å². The molecule has 2 heterocycles. The predicted molar refractivity (Wildman–Crippen MR) is 55.0 cm³/mol. The molecule has 14 heavy (non-hydrogen) atoms. The van der Waals surface area contributed by atoms with Crippen LogP contribution in [0.15, 0.2) is 18.3 Å². The third-order valence-electron chi connectivity index (χ3n) is 2.46. The smallest absolute Gasteiger partial charge is 0.128 e. The molecule has 0 aliphatic carbocycles. The third kappa shape index (κ3) is 1.95. The highest BCUT2D eigenvalue weighted by molar-refractivity contribution is 5.46. The van der Waals surface area contributed by atoms with Gasteiger partial charge in [0, 0.05) is 6.54 Å². The van der Waals surface area contributed by atoms with E-state index in [0.717, 1.165) is 18.8 Å². The molecule has 0 bridgehead atoms. The quantitative estimate of drug-likeness (QED) is 0.740. The van der Waals surface area contributed by atoms with Crippen molar-refractivity contribution < 1.29 is 4.39 Å². The standard InChI is InChI=1S/C10H14FN3/c11-8-2-1-5-14(7-8)10-4-3-9(12)6-13-10/h3-4,6,8H,1-2,5,7,12H2/t8-/m0/s1. The number of anilines is 2. The summed E-state index contributed by atoms with van der Waals surface area (Å²) in [4.78, 5) is 6.14. The van der Waals surface area contributed by atoms with Crippen molar-refractivity contribution in [1.82, 2.24) is 4.98 Å². The van der Waals surface area contributed by atoms with E-state index >= 15 is 0 Å². The van der Waals surface area contributed by atoms with Crippen LogP contribution >= 0.6 is 0 Å². The average Bonchev–Trinajstić information content (AvgIpc) is 2.19. The van der Waals surface area contributed by atoms with Crippen molar-refractivity contribution in [3.63, 3.8) is 0 Å². The number of pyridine rings is 1. The van der Waals surface area contributed by atoms with Crippen LogP contribution in [0.3, 0.4) is 0 Å². The Balaban J connectivity index is 2.10. The Hall–Kier alpha value is -1.32. The van der Waals surface area contributed by atoms with E-state index in [2.05, 4.69) is 4.98 Å². The van der Waals surface area contributed by atoms with Crippen LogP contribution < -0.4 is 10.6 Å². The third-order valence-corrected chi connectivity index (χ3v) is 2.46. The Morgan fingerprint density at radius 3 is 3.00 bits per heavy atom.